The Morgan fingerprint density at radius 1 is 1.55 bits per heavy atom. The normalized spacial score (nSPS) is 25.0. The monoisotopic (exact) mass is 154 g/mol. The van der Waals surface area contributed by atoms with E-state index in [4.69, 9.17) is 10.2 Å². The fraction of sp³-hybridized carbons (Fsp3) is 0.375. The van der Waals surface area contributed by atoms with Crippen LogP contribution in [0.4, 0.5) is 0 Å². The molecular formula is C8H10O3. The SMILES string of the molecule is O=C(O)C(O)C1C=CC=CC1. The van der Waals surface area contributed by atoms with Crippen LogP contribution in [0.2, 0.25) is 0 Å². The van der Waals surface area contributed by atoms with E-state index in [1.165, 1.54) is 0 Å². The summed E-state index contributed by atoms with van der Waals surface area (Å²) in [5.74, 6) is -1.42. The summed E-state index contributed by atoms with van der Waals surface area (Å²) in [5, 5.41) is 17.5. The zero-order chi connectivity index (χ0) is 8.27. The van der Waals surface area contributed by atoms with Gasteiger partial charge >= 0.3 is 5.97 Å². The maximum atomic E-state index is 10.3. The predicted molar refractivity (Wildman–Crippen MR) is 40.0 cm³/mol. The van der Waals surface area contributed by atoms with Crippen LogP contribution in [0.15, 0.2) is 24.3 Å². The van der Waals surface area contributed by atoms with E-state index >= 15 is 0 Å². The Morgan fingerprint density at radius 3 is 2.73 bits per heavy atom. The lowest BCUT2D eigenvalue weighted by Gasteiger charge is -2.15. The zero-order valence-corrected chi connectivity index (χ0v) is 5.97. The number of hydrogen-bond donors (Lipinski definition) is 2. The van der Waals surface area contributed by atoms with Crippen molar-refractivity contribution in [2.75, 3.05) is 0 Å². The Hall–Kier alpha value is -1.09. The second kappa shape index (κ2) is 3.34. The van der Waals surface area contributed by atoms with Crippen molar-refractivity contribution in [3.8, 4) is 0 Å². The summed E-state index contributed by atoms with van der Waals surface area (Å²) in [6.07, 6.45) is 6.47. The van der Waals surface area contributed by atoms with E-state index in [1.54, 1.807) is 12.2 Å². The Kier molecular flexibility index (Phi) is 2.44. The molecule has 1 aliphatic rings. The molecule has 0 bridgehead atoms. The van der Waals surface area contributed by atoms with Crippen molar-refractivity contribution in [3.63, 3.8) is 0 Å². The highest BCUT2D eigenvalue weighted by atomic mass is 16.4. The highest BCUT2D eigenvalue weighted by molar-refractivity contribution is 5.72. The van der Waals surface area contributed by atoms with Crippen molar-refractivity contribution in [3.05, 3.63) is 24.3 Å². The number of allylic oxidation sites excluding steroid dienone is 3. The van der Waals surface area contributed by atoms with Crippen LogP contribution in [0.25, 0.3) is 0 Å². The molecule has 0 fully saturated rings. The van der Waals surface area contributed by atoms with Gasteiger partial charge in [-0.2, -0.15) is 0 Å². The molecule has 3 nitrogen and oxygen atoms in total. The number of aliphatic carboxylic acids is 1. The second-order valence-corrected chi connectivity index (χ2v) is 2.50. The summed E-state index contributed by atoms with van der Waals surface area (Å²) in [6.45, 7) is 0. The molecule has 0 amide bonds. The van der Waals surface area contributed by atoms with Crippen molar-refractivity contribution in [2.24, 2.45) is 5.92 Å². The Bertz CT molecular complexity index is 205. The van der Waals surface area contributed by atoms with Crippen LogP contribution in [-0.4, -0.2) is 22.3 Å². The molecule has 1 aliphatic carbocycles. The number of hydrogen-bond acceptors (Lipinski definition) is 2. The van der Waals surface area contributed by atoms with Gasteiger partial charge < -0.3 is 10.2 Å². The lowest BCUT2D eigenvalue weighted by molar-refractivity contribution is -0.148. The minimum atomic E-state index is -1.27. The zero-order valence-electron chi connectivity index (χ0n) is 5.97. The van der Waals surface area contributed by atoms with E-state index in [0.717, 1.165) is 0 Å². The number of aliphatic hydroxyl groups is 1. The molecular weight excluding hydrogens is 144 g/mol. The minimum Gasteiger partial charge on any atom is -0.479 e. The van der Waals surface area contributed by atoms with Crippen molar-refractivity contribution in [1.29, 1.82) is 0 Å². The van der Waals surface area contributed by atoms with Crippen molar-refractivity contribution < 1.29 is 15.0 Å². The van der Waals surface area contributed by atoms with Gasteiger partial charge in [-0.05, 0) is 6.42 Å². The third-order valence-corrected chi connectivity index (χ3v) is 1.67. The maximum absolute atomic E-state index is 10.3. The molecule has 0 aliphatic heterocycles. The molecule has 0 saturated heterocycles. The Balaban J connectivity index is 2.55. The van der Waals surface area contributed by atoms with Gasteiger partial charge in [0, 0.05) is 5.92 Å². The van der Waals surface area contributed by atoms with Gasteiger partial charge in [0.05, 0.1) is 0 Å². The second-order valence-electron chi connectivity index (χ2n) is 2.50. The van der Waals surface area contributed by atoms with Gasteiger partial charge in [-0.15, -0.1) is 0 Å². The molecule has 2 unspecified atom stereocenters. The number of carboxylic acid groups (broad SMARTS) is 1. The average Bonchev–Trinajstić information content (AvgIpc) is 2.05. The summed E-state index contributed by atoms with van der Waals surface area (Å²) >= 11 is 0. The first-order valence-corrected chi connectivity index (χ1v) is 3.46. The Labute approximate surface area is 64.7 Å². The predicted octanol–water partition coefficient (Wildman–Crippen LogP) is 0.564. The van der Waals surface area contributed by atoms with Crippen LogP contribution in [0.1, 0.15) is 6.42 Å². The summed E-state index contributed by atoms with van der Waals surface area (Å²) in [4.78, 5) is 10.3. The van der Waals surface area contributed by atoms with Crippen LogP contribution >= 0.6 is 0 Å². The summed E-state index contributed by atoms with van der Waals surface area (Å²) in [6, 6.07) is 0. The largest absolute Gasteiger partial charge is 0.479 e. The molecule has 60 valence electrons. The first-order chi connectivity index (χ1) is 5.22. The van der Waals surface area contributed by atoms with Gasteiger partial charge in [-0.25, -0.2) is 4.79 Å². The van der Waals surface area contributed by atoms with E-state index in [2.05, 4.69) is 0 Å². The number of aliphatic hydroxyl groups excluding tert-OH is 1. The molecule has 0 heterocycles. The van der Waals surface area contributed by atoms with Gasteiger partial charge in [0.2, 0.25) is 0 Å². The lowest BCUT2D eigenvalue weighted by atomic mass is 9.95. The van der Waals surface area contributed by atoms with Crippen molar-refractivity contribution >= 4 is 5.97 Å². The highest BCUT2D eigenvalue weighted by Crippen LogP contribution is 2.15. The smallest absolute Gasteiger partial charge is 0.333 e. The topological polar surface area (TPSA) is 57.5 Å². The van der Waals surface area contributed by atoms with Crippen LogP contribution < -0.4 is 0 Å². The van der Waals surface area contributed by atoms with Gasteiger partial charge in [0.25, 0.3) is 0 Å². The molecule has 11 heavy (non-hydrogen) atoms. The number of rotatable bonds is 2. The first-order valence-electron chi connectivity index (χ1n) is 3.46. The van der Waals surface area contributed by atoms with Gasteiger partial charge in [0.1, 0.15) is 0 Å². The molecule has 2 N–H and O–H groups in total. The van der Waals surface area contributed by atoms with Crippen LogP contribution in [0.3, 0.4) is 0 Å². The Morgan fingerprint density at radius 2 is 2.27 bits per heavy atom. The quantitative estimate of drug-likeness (QED) is 0.611. The molecule has 0 radical (unpaired) electrons. The molecule has 1 rings (SSSR count). The van der Waals surface area contributed by atoms with Crippen LogP contribution in [0, 0.1) is 5.92 Å². The highest BCUT2D eigenvalue weighted by Gasteiger charge is 2.22. The van der Waals surface area contributed by atoms with Gasteiger partial charge in [-0.3, -0.25) is 0 Å². The molecule has 0 spiro atoms. The number of carboxylic acids is 1. The summed E-state index contributed by atoms with van der Waals surface area (Å²) < 4.78 is 0. The molecule has 0 aromatic rings. The van der Waals surface area contributed by atoms with Crippen LogP contribution in [-0.2, 0) is 4.79 Å². The molecule has 2 atom stereocenters. The minimum absolute atomic E-state index is 0.266. The third kappa shape index (κ3) is 1.91. The summed E-state index contributed by atoms with van der Waals surface area (Å²) in [7, 11) is 0. The molecule has 0 aromatic carbocycles. The number of carbonyl (C=O) groups is 1. The molecule has 0 aromatic heterocycles. The fourth-order valence-electron chi connectivity index (χ4n) is 1.02. The van der Waals surface area contributed by atoms with Crippen molar-refractivity contribution in [1.82, 2.24) is 0 Å². The standard InChI is InChI=1S/C8H10O3/c9-7(8(10)11)6-4-2-1-3-5-6/h1-4,6-7,9H,5H2,(H,10,11). The third-order valence-electron chi connectivity index (χ3n) is 1.67. The summed E-state index contributed by atoms with van der Waals surface area (Å²) in [5.41, 5.74) is 0. The van der Waals surface area contributed by atoms with Gasteiger partial charge in [0.15, 0.2) is 6.10 Å². The first kappa shape index (κ1) is 8.01. The van der Waals surface area contributed by atoms with Gasteiger partial charge in [-0.1, -0.05) is 24.3 Å². The van der Waals surface area contributed by atoms with E-state index < -0.39 is 12.1 Å². The molecule has 3 heteroatoms. The van der Waals surface area contributed by atoms with E-state index in [1.807, 2.05) is 12.2 Å². The molecule has 0 saturated carbocycles. The van der Waals surface area contributed by atoms with E-state index in [-0.39, 0.29) is 5.92 Å². The average molecular weight is 154 g/mol. The van der Waals surface area contributed by atoms with E-state index in [0.29, 0.717) is 6.42 Å². The fourth-order valence-corrected chi connectivity index (χ4v) is 1.02. The lowest BCUT2D eigenvalue weighted by Crippen LogP contribution is -2.28. The maximum Gasteiger partial charge on any atom is 0.333 e. The van der Waals surface area contributed by atoms with E-state index in [9.17, 15) is 4.79 Å². The van der Waals surface area contributed by atoms with Crippen LogP contribution in [0.5, 0.6) is 0 Å². The van der Waals surface area contributed by atoms with Crippen molar-refractivity contribution in [2.45, 2.75) is 12.5 Å².